The third-order valence-corrected chi connectivity index (χ3v) is 6.96. The summed E-state index contributed by atoms with van der Waals surface area (Å²) in [6, 6.07) is 12.3. The molecular formula is C24H33N3O5S. The molecule has 8 nitrogen and oxygen atoms in total. The number of carbonyl (C=O) groups excluding carboxylic acids is 2. The predicted molar refractivity (Wildman–Crippen MR) is 128 cm³/mol. The van der Waals surface area contributed by atoms with Crippen LogP contribution in [0.2, 0.25) is 0 Å². The maximum absolute atomic E-state index is 12.9. The van der Waals surface area contributed by atoms with Crippen molar-refractivity contribution in [3.05, 3.63) is 59.7 Å². The van der Waals surface area contributed by atoms with Gasteiger partial charge >= 0.3 is 0 Å². The number of nitrogens with zero attached hydrogens (tertiary/aromatic N) is 1. The number of hydrogen-bond acceptors (Lipinski definition) is 5. The summed E-state index contributed by atoms with van der Waals surface area (Å²) in [5.74, 6) is -0.902. The van der Waals surface area contributed by atoms with Crippen molar-refractivity contribution < 1.29 is 22.8 Å². The summed E-state index contributed by atoms with van der Waals surface area (Å²) in [5, 5.41) is 5.54. The average molecular weight is 476 g/mol. The SMILES string of the molecule is CON(C)S(=O)(=O)c1ccc(NC(=O)[C@@H](NC(=O)c2ccc(C(C)(C)C)cc2)C(C)C)cc1. The summed E-state index contributed by atoms with van der Waals surface area (Å²) in [6.45, 7) is 9.96. The lowest BCUT2D eigenvalue weighted by Crippen LogP contribution is -2.47. The lowest BCUT2D eigenvalue weighted by atomic mass is 9.86. The van der Waals surface area contributed by atoms with E-state index >= 15 is 0 Å². The van der Waals surface area contributed by atoms with Gasteiger partial charge in [0, 0.05) is 18.3 Å². The topological polar surface area (TPSA) is 105 Å². The first-order chi connectivity index (χ1) is 15.3. The van der Waals surface area contributed by atoms with E-state index in [9.17, 15) is 18.0 Å². The average Bonchev–Trinajstić information content (AvgIpc) is 2.76. The van der Waals surface area contributed by atoms with Crippen molar-refractivity contribution >= 4 is 27.5 Å². The number of nitrogens with one attached hydrogen (secondary N) is 2. The van der Waals surface area contributed by atoms with Gasteiger partial charge in [-0.1, -0.05) is 51.2 Å². The second-order valence-electron chi connectivity index (χ2n) is 9.13. The Bertz CT molecular complexity index is 1070. The normalized spacial score (nSPS) is 13.1. The Morgan fingerprint density at radius 3 is 1.97 bits per heavy atom. The van der Waals surface area contributed by atoms with Crippen LogP contribution in [-0.4, -0.2) is 44.9 Å². The molecule has 0 heterocycles. The third-order valence-electron chi connectivity index (χ3n) is 5.26. The van der Waals surface area contributed by atoms with E-state index in [1.54, 1.807) is 12.1 Å². The predicted octanol–water partition coefficient (Wildman–Crippen LogP) is 3.56. The monoisotopic (exact) mass is 475 g/mol. The molecule has 0 spiro atoms. The minimum atomic E-state index is -3.78. The molecule has 180 valence electrons. The minimum Gasteiger partial charge on any atom is -0.340 e. The molecule has 0 aliphatic carbocycles. The maximum Gasteiger partial charge on any atom is 0.264 e. The summed E-state index contributed by atoms with van der Waals surface area (Å²) >= 11 is 0. The molecule has 1 atom stereocenters. The van der Waals surface area contributed by atoms with Crippen LogP contribution in [0.25, 0.3) is 0 Å². The lowest BCUT2D eigenvalue weighted by Gasteiger charge is -2.22. The number of hydroxylamine groups is 1. The van der Waals surface area contributed by atoms with Crippen LogP contribution in [0.3, 0.4) is 0 Å². The minimum absolute atomic E-state index is 0.0246. The molecule has 33 heavy (non-hydrogen) atoms. The van der Waals surface area contributed by atoms with Crippen LogP contribution in [0.5, 0.6) is 0 Å². The number of sulfonamides is 1. The van der Waals surface area contributed by atoms with Crippen LogP contribution in [0.15, 0.2) is 53.4 Å². The van der Waals surface area contributed by atoms with Crippen LogP contribution in [0.1, 0.15) is 50.5 Å². The van der Waals surface area contributed by atoms with E-state index in [2.05, 4.69) is 31.4 Å². The molecule has 0 saturated heterocycles. The summed E-state index contributed by atoms with van der Waals surface area (Å²) in [6.07, 6.45) is 0. The van der Waals surface area contributed by atoms with Gasteiger partial charge in [0.15, 0.2) is 0 Å². The Labute approximate surface area is 196 Å². The first-order valence-corrected chi connectivity index (χ1v) is 12.1. The van der Waals surface area contributed by atoms with Gasteiger partial charge in [0.1, 0.15) is 6.04 Å². The molecule has 0 saturated carbocycles. The Balaban J connectivity index is 2.12. The van der Waals surface area contributed by atoms with Crippen molar-refractivity contribution in [2.75, 3.05) is 19.5 Å². The van der Waals surface area contributed by atoms with Crippen LogP contribution < -0.4 is 10.6 Å². The molecule has 0 radical (unpaired) electrons. The third kappa shape index (κ3) is 6.63. The fraction of sp³-hybridized carbons (Fsp3) is 0.417. The summed E-state index contributed by atoms with van der Waals surface area (Å²) in [4.78, 5) is 30.4. The van der Waals surface area contributed by atoms with Gasteiger partial charge in [0.05, 0.1) is 12.0 Å². The molecule has 2 aromatic rings. The van der Waals surface area contributed by atoms with Gasteiger partial charge in [-0.3, -0.25) is 14.4 Å². The van der Waals surface area contributed by atoms with Gasteiger partial charge in [0.25, 0.3) is 15.9 Å². The van der Waals surface area contributed by atoms with Gasteiger partial charge in [0.2, 0.25) is 5.91 Å². The highest BCUT2D eigenvalue weighted by atomic mass is 32.2. The van der Waals surface area contributed by atoms with Gasteiger partial charge in [-0.15, -0.1) is 0 Å². The van der Waals surface area contributed by atoms with E-state index in [4.69, 9.17) is 4.84 Å². The van der Waals surface area contributed by atoms with Crippen molar-refractivity contribution in [1.82, 2.24) is 9.79 Å². The first-order valence-electron chi connectivity index (χ1n) is 10.6. The number of rotatable bonds is 8. The van der Waals surface area contributed by atoms with E-state index < -0.39 is 22.0 Å². The maximum atomic E-state index is 12.9. The number of hydrogen-bond donors (Lipinski definition) is 2. The van der Waals surface area contributed by atoms with Crippen molar-refractivity contribution in [3.8, 4) is 0 Å². The summed E-state index contributed by atoms with van der Waals surface area (Å²) in [7, 11) is -1.24. The zero-order chi connectivity index (χ0) is 25.0. The molecule has 2 amide bonds. The van der Waals surface area contributed by atoms with Crippen molar-refractivity contribution in [1.29, 1.82) is 0 Å². The smallest absolute Gasteiger partial charge is 0.264 e. The van der Waals surface area contributed by atoms with E-state index in [0.29, 0.717) is 11.3 Å². The second-order valence-corrected chi connectivity index (χ2v) is 11.1. The second kappa shape index (κ2) is 10.5. The lowest BCUT2D eigenvalue weighted by molar-refractivity contribution is -0.118. The van der Waals surface area contributed by atoms with Gasteiger partial charge < -0.3 is 10.6 Å². The van der Waals surface area contributed by atoms with Gasteiger partial charge in [-0.2, -0.15) is 0 Å². The fourth-order valence-corrected chi connectivity index (χ4v) is 4.03. The molecule has 0 unspecified atom stereocenters. The summed E-state index contributed by atoms with van der Waals surface area (Å²) in [5.41, 5.74) is 1.97. The molecule has 2 aromatic carbocycles. The molecule has 0 aliphatic heterocycles. The Hall–Kier alpha value is -2.75. The van der Waals surface area contributed by atoms with Crippen molar-refractivity contribution in [2.45, 2.75) is 51.0 Å². The van der Waals surface area contributed by atoms with E-state index in [1.165, 1.54) is 38.4 Å². The number of amides is 2. The number of carbonyl (C=O) groups is 2. The van der Waals surface area contributed by atoms with Crippen LogP contribution >= 0.6 is 0 Å². The summed E-state index contributed by atoms with van der Waals surface area (Å²) < 4.78 is 25.3. The molecular weight excluding hydrogens is 442 g/mol. The standard InChI is InChI=1S/C24H33N3O5S/c1-16(2)21(26-22(28)17-8-10-18(11-9-17)24(3,4)5)23(29)25-19-12-14-20(15-13-19)33(30,31)27(6)32-7/h8-16,21H,1-7H3,(H,25,29)(H,26,28)/t21-/m0/s1. The molecule has 0 aromatic heterocycles. The van der Waals surface area contributed by atoms with Gasteiger partial charge in [-0.25, -0.2) is 8.42 Å². The molecule has 2 N–H and O–H groups in total. The molecule has 9 heteroatoms. The highest BCUT2D eigenvalue weighted by Gasteiger charge is 2.26. The van der Waals surface area contributed by atoms with Crippen molar-refractivity contribution in [3.63, 3.8) is 0 Å². The van der Waals surface area contributed by atoms with E-state index in [-0.39, 0.29) is 22.1 Å². The number of benzene rings is 2. The first kappa shape index (κ1) is 26.5. The quantitative estimate of drug-likeness (QED) is 0.568. The highest BCUT2D eigenvalue weighted by Crippen LogP contribution is 2.22. The Morgan fingerprint density at radius 2 is 1.52 bits per heavy atom. The highest BCUT2D eigenvalue weighted by molar-refractivity contribution is 7.89. The fourth-order valence-electron chi connectivity index (χ4n) is 3.06. The van der Waals surface area contributed by atoms with E-state index in [0.717, 1.165) is 10.0 Å². The van der Waals surface area contributed by atoms with Crippen LogP contribution in [0.4, 0.5) is 5.69 Å². The van der Waals surface area contributed by atoms with Crippen molar-refractivity contribution in [2.24, 2.45) is 5.92 Å². The van der Waals surface area contributed by atoms with E-state index in [1.807, 2.05) is 26.0 Å². The molecule has 0 fully saturated rings. The largest absolute Gasteiger partial charge is 0.340 e. The zero-order valence-corrected chi connectivity index (χ0v) is 21.0. The number of anilines is 1. The molecule has 0 bridgehead atoms. The van der Waals surface area contributed by atoms with Crippen LogP contribution in [-0.2, 0) is 25.1 Å². The van der Waals surface area contributed by atoms with Gasteiger partial charge in [-0.05, 0) is 53.3 Å². The van der Waals surface area contributed by atoms with Crippen LogP contribution in [0, 0.1) is 5.92 Å². The Morgan fingerprint density at radius 1 is 0.970 bits per heavy atom. The zero-order valence-electron chi connectivity index (χ0n) is 20.2. The molecule has 2 rings (SSSR count). The Kier molecular flexibility index (Phi) is 8.40. The molecule has 0 aliphatic rings.